The Hall–Kier alpha value is -1.90. The second-order valence-electron chi connectivity index (χ2n) is 3.39. The standard InChI is InChI=1S/C13H15N3OS/c1-4-6-10(7-5-2)12(17)16-13-15-11(8-14-3)9-18-13/h1,5-7,9,14H,8H2,2-3H3,(H,15,16,17)/b7-5-,10-6+. The molecule has 0 fully saturated rings. The van der Waals surface area contributed by atoms with E-state index in [9.17, 15) is 4.79 Å². The van der Waals surface area contributed by atoms with E-state index >= 15 is 0 Å². The number of carbonyl (C=O) groups is 1. The Morgan fingerprint density at radius 3 is 3.06 bits per heavy atom. The van der Waals surface area contributed by atoms with E-state index in [1.54, 1.807) is 12.2 Å². The maximum absolute atomic E-state index is 11.9. The first-order chi connectivity index (χ1) is 8.71. The molecule has 1 amide bonds. The summed E-state index contributed by atoms with van der Waals surface area (Å²) in [4.78, 5) is 16.1. The summed E-state index contributed by atoms with van der Waals surface area (Å²) in [5, 5.41) is 8.17. The van der Waals surface area contributed by atoms with E-state index in [0.29, 0.717) is 17.2 Å². The van der Waals surface area contributed by atoms with Crippen molar-refractivity contribution in [3.05, 3.63) is 34.9 Å². The van der Waals surface area contributed by atoms with Crippen LogP contribution in [-0.2, 0) is 11.3 Å². The summed E-state index contributed by atoms with van der Waals surface area (Å²) in [6, 6.07) is 0. The molecule has 5 heteroatoms. The lowest BCUT2D eigenvalue weighted by Gasteiger charge is -2.01. The monoisotopic (exact) mass is 261 g/mol. The summed E-state index contributed by atoms with van der Waals surface area (Å²) in [6.45, 7) is 2.50. The zero-order valence-electron chi connectivity index (χ0n) is 10.4. The Labute approximate surface area is 111 Å². The number of hydrogen-bond acceptors (Lipinski definition) is 4. The molecule has 0 bridgehead atoms. The fraction of sp³-hybridized carbons (Fsp3) is 0.231. The van der Waals surface area contributed by atoms with E-state index in [1.165, 1.54) is 17.4 Å². The Kier molecular flexibility index (Phi) is 5.85. The van der Waals surface area contributed by atoms with E-state index in [1.807, 2.05) is 19.4 Å². The van der Waals surface area contributed by atoms with Crippen LogP contribution >= 0.6 is 11.3 Å². The van der Waals surface area contributed by atoms with Gasteiger partial charge in [0.05, 0.1) is 5.69 Å². The van der Waals surface area contributed by atoms with Crippen molar-refractivity contribution < 1.29 is 4.79 Å². The van der Waals surface area contributed by atoms with Crippen LogP contribution in [0.4, 0.5) is 5.13 Å². The molecule has 1 rings (SSSR count). The van der Waals surface area contributed by atoms with Gasteiger partial charge in [-0.25, -0.2) is 4.98 Å². The third kappa shape index (κ3) is 4.17. The smallest absolute Gasteiger partial charge is 0.258 e. The number of hydrogen-bond donors (Lipinski definition) is 2. The van der Waals surface area contributed by atoms with Gasteiger partial charge in [-0.15, -0.1) is 17.8 Å². The van der Waals surface area contributed by atoms with Gasteiger partial charge < -0.3 is 5.32 Å². The third-order valence-corrected chi connectivity index (χ3v) is 2.78. The molecule has 0 saturated carbocycles. The van der Waals surface area contributed by atoms with Crippen molar-refractivity contribution in [1.82, 2.24) is 10.3 Å². The first kappa shape index (κ1) is 14.2. The van der Waals surface area contributed by atoms with Crippen molar-refractivity contribution >= 4 is 22.4 Å². The summed E-state index contributed by atoms with van der Waals surface area (Å²) in [7, 11) is 1.84. The van der Waals surface area contributed by atoms with E-state index in [4.69, 9.17) is 6.42 Å². The minimum atomic E-state index is -0.253. The molecule has 4 nitrogen and oxygen atoms in total. The van der Waals surface area contributed by atoms with E-state index in [-0.39, 0.29) is 5.91 Å². The highest BCUT2D eigenvalue weighted by atomic mass is 32.1. The predicted molar refractivity (Wildman–Crippen MR) is 75.2 cm³/mol. The highest BCUT2D eigenvalue weighted by Crippen LogP contribution is 2.16. The number of allylic oxidation sites excluding steroid dienone is 2. The average Bonchev–Trinajstić information content (AvgIpc) is 2.77. The van der Waals surface area contributed by atoms with Gasteiger partial charge in [0.15, 0.2) is 5.13 Å². The maximum atomic E-state index is 11.9. The molecular formula is C13H15N3OS. The molecule has 0 atom stereocenters. The van der Waals surface area contributed by atoms with Crippen LogP contribution in [0, 0.1) is 12.3 Å². The summed E-state index contributed by atoms with van der Waals surface area (Å²) < 4.78 is 0. The summed E-state index contributed by atoms with van der Waals surface area (Å²) in [5.41, 5.74) is 1.33. The topological polar surface area (TPSA) is 54.0 Å². The fourth-order valence-corrected chi connectivity index (χ4v) is 1.96. The Morgan fingerprint density at radius 2 is 2.44 bits per heavy atom. The van der Waals surface area contributed by atoms with Crippen LogP contribution < -0.4 is 10.6 Å². The first-order valence-corrected chi connectivity index (χ1v) is 6.28. The zero-order chi connectivity index (χ0) is 13.4. The van der Waals surface area contributed by atoms with Gasteiger partial charge in [0.25, 0.3) is 5.91 Å². The van der Waals surface area contributed by atoms with Gasteiger partial charge >= 0.3 is 0 Å². The Balaban J connectivity index is 2.74. The van der Waals surface area contributed by atoms with Gasteiger partial charge in [-0.05, 0) is 14.0 Å². The van der Waals surface area contributed by atoms with Crippen LogP contribution in [0.2, 0.25) is 0 Å². The van der Waals surface area contributed by atoms with Crippen molar-refractivity contribution in [2.75, 3.05) is 12.4 Å². The normalized spacial score (nSPS) is 11.5. The van der Waals surface area contributed by atoms with E-state index in [0.717, 1.165) is 5.69 Å². The molecule has 0 unspecified atom stereocenters. The van der Waals surface area contributed by atoms with Crippen molar-refractivity contribution in [1.29, 1.82) is 0 Å². The van der Waals surface area contributed by atoms with E-state index in [2.05, 4.69) is 21.5 Å². The number of thiazole rings is 1. The van der Waals surface area contributed by atoms with Crippen molar-refractivity contribution in [3.8, 4) is 12.3 Å². The van der Waals surface area contributed by atoms with Gasteiger partial charge in [-0.3, -0.25) is 10.1 Å². The van der Waals surface area contributed by atoms with Crippen molar-refractivity contribution in [2.45, 2.75) is 13.5 Å². The summed E-state index contributed by atoms with van der Waals surface area (Å²) >= 11 is 1.39. The molecule has 2 N–H and O–H groups in total. The van der Waals surface area contributed by atoms with Crippen LogP contribution in [0.25, 0.3) is 0 Å². The minimum absolute atomic E-state index is 0.253. The molecule has 18 heavy (non-hydrogen) atoms. The highest BCUT2D eigenvalue weighted by Gasteiger charge is 2.09. The van der Waals surface area contributed by atoms with Gasteiger partial charge in [-0.1, -0.05) is 18.1 Å². The molecule has 0 aliphatic carbocycles. The summed E-state index contributed by atoms with van der Waals surface area (Å²) in [6.07, 6.45) is 10.0. The molecule has 1 heterocycles. The van der Waals surface area contributed by atoms with Crippen molar-refractivity contribution in [2.24, 2.45) is 0 Å². The van der Waals surface area contributed by atoms with Crippen LogP contribution in [0.15, 0.2) is 29.2 Å². The fourth-order valence-electron chi connectivity index (χ4n) is 1.25. The maximum Gasteiger partial charge on any atom is 0.258 e. The number of nitrogens with one attached hydrogen (secondary N) is 2. The number of terminal acetylenes is 1. The minimum Gasteiger partial charge on any atom is -0.314 e. The second kappa shape index (κ2) is 7.43. The molecule has 0 saturated heterocycles. The highest BCUT2D eigenvalue weighted by molar-refractivity contribution is 7.13. The first-order valence-electron chi connectivity index (χ1n) is 5.40. The van der Waals surface area contributed by atoms with Gasteiger partial charge in [0, 0.05) is 23.6 Å². The lowest BCUT2D eigenvalue weighted by molar-refractivity contribution is -0.112. The van der Waals surface area contributed by atoms with Crippen LogP contribution in [-0.4, -0.2) is 17.9 Å². The number of carbonyl (C=O) groups excluding carboxylic acids is 1. The molecule has 94 valence electrons. The van der Waals surface area contributed by atoms with Gasteiger partial charge in [0.1, 0.15) is 0 Å². The second-order valence-corrected chi connectivity index (χ2v) is 4.25. The molecule has 0 radical (unpaired) electrons. The molecule has 1 aromatic heterocycles. The number of anilines is 1. The predicted octanol–water partition coefficient (Wildman–Crippen LogP) is 1.94. The van der Waals surface area contributed by atoms with Gasteiger partial charge in [-0.2, -0.15) is 0 Å². The van der Waals surface area contributed by atoms with E-state index < -0.39 is 0 Å². The van der Waals surface area contributed by atoms with Gasteiger partial charge in [0.2, 0.25) is 0 Å². The summed E-state index contributed by atoms with van der Waals surface area (Å²) in [5.74, 6) is 2.09. The molecule has 0 aromatic carbocycles. The number of amides is 1. The number of aromatic nitrogens is 1. The third-order valence-electron chi connectivity index (χ3n) is 1.98. The number of nitrogens with zero attached hydrogens (tertiary/aromatic N) is 1. The zero-order valence-corrected chi connectivity index (χ0v) is 11.2. The Morgan fingerprint density at radius 1 is 1.67 bits per heavy atom. The van der Waals surface area contributed by atoms with Crippen molar-refractivity contribution in [3.63, 3.8) is 0 Å². The Bertz CT molecular complexity index is 509. The van der Waals surface area contributed by atoms with Crippen LogP contribution in [0.1, 0.15) is 12.6 Å². The lowest BCUT2D eigenvalue weighted by Crippen LogP contribution is -2.13. The molecule has 0 aliphatic heterocycles. The largest absolute Gasteiger partial charge is 0.314 e. The number of rotatable bonds is 5. The lowest BCUT2D eigenvalue weighted by atomic mass is 10.2. The molecular weight excluding hydrogens is 246 g/mol. The van der Waals surface area contributed by atoms with Crippen LogP contribution in [0.5, 0.6) is 0 Å². The quantitative estimate of drug-likeness (QED) is 0.484. The van der Waals surface area contributed by atoms with Crippen LogP contribution in [0.3, 0.4) is 0 Å². The molecule has 0 aliphatic rings. The molecule has 0 spiro atoms. The SMILES string of the molecule is C#C/C=C(\C=C/C)C(=O)Nc1nc(CNC)cs1. The average molecular weight is 261 g/mol. The molecule has 1 aromatic rings.